The molecule has 2 atom stereocenters. The molecule has 0 amide bonds. The van der Waals surface area contributed by atoms with Crippen molar-refractivity contribution in [1.29, 1.82) is 0 Å². The zero-order valence-corrected chi connectivity index (χ0v) is 5.47. The standard InChI is InChI=1S/C7H12O2/c8-7-4-1-2-6(7)3-5-9-7/h6,8H,1-5H2/t6?,7-/m0/s1. The first-order valence-corrected chi connectivity index (χ1v) is 3.68. The van der Waals surface area contributed by atoms with Crippen molar-refractivity contribution < 1.29 is 9.84 Å². The minimum atomic E-state index is -0.694. The third kappa shape index (κ3) is 0.700. The maximum absolute atomic E-state index is 9.61. The predicted octanol–water partition coefficient (Wildman–Crippen LogP) is 0.895. The van der Waals surface area contributed by atoms with Crippen LogP contribution in [0.4, 0.5) is 0 Å². The summed E-state index contributed by atoms with van der Waals surface area (Å²) in [4.78, 5) is 0. The maximum Gasteiger partial charge on any atom is 0.168 e. The van der Waals surface area contributed by atoms with Crippen LogP contribution in [0.3, 0.4) is 0 Å². The second-order valence-electron chi connectivity index (χ2n) is 3.07. The van der Waals surface area contributed by atoms with Gasteiger partial charge in [-0.15, -0.1) is 0 Å². The summed E-state index contributed by atoms with van der Waals surface area (Å²) in [6, 6.07) is 0. The summed E-state index contributed by atoms with van der Waals surface area (Å²) in [6.45, 7) is 0.765. The highest BCUT2D eigenvalue weighted by Gasteiger charge is 2.45. The van der Waals surface area contributed by atoms with Crippen LogP contribution in [0.1, 0.15) is 25.7 Å². The Morgan fingerprint density at radius 3 is 3.11 bits per heavy atom. The van der Waals surface area contributed by atoms with Crippen molar-refractivity contribution in [2.75, 3.05) is 6.61 Å². The summed E-state index contributed by atoms with van der Waals surface area (Å²) in [5.41, 5.74) is 0. The molecule has 0 aromatic carbocycles. The van der Waals surface area contributed by atoms with Gasteiger partial charge in [0.2, 0.25) is 0 Å². The van der Waals surface area contributed by atoms with E-state index in [2.05, 4.69) is 0 Å². The molecule has 1 heterocycles. The van der Waals surface area contributed by atoms with Crippen LogP contribution in [0.25, 0.3) is 0 Å². The lowest BCUT2D eigenvalue weighted by atomic mass is 10.0. The predicted molar refractivity (Wildman–Crippen MR) is 32.9 cm³/mol. The molecule has 1 saturated carbocycles. The molecule has 9 heavy (non-hydrogen) atoms. The molecule has 1 N–H and O–H groups in total. The molecule has 0 bridgehead atoms. The van der Waals surface area contributed by atoms with Crippen molar-refractivity contribution in [3.63, 3.8) is 0 Å². The van der Waals surface area contributed by atoms with Crippen LogP contribution in [-0.4, -0.2) is 17.5 Å². The fourth-order valence-electron chi connectivity index (χ4n) is 1.97. The molecule has 2 heteroatoms. The highest BCUT2D eigenvalue weighted by molar-refractivity contribution is 4.88. The summed E-state index contributed by atoms with van der Waals surface area (Å²) in [6.07, 6.45) is 4.23. The highest BCUT2D eigenvalue weighted by atomic mass is 16.6. The van der Waals surface area contributed by atoms with E-state index in [0.717, 1.165) is 32.3 Å². The Morgan fingerprint density at radius 1 is 1.44 bits per heavy atom. The van der Waals surface area contributed by atoms with Gasteiger partial charge in [-0.25, -0.2) is 0 Å². The molecule has 2 aliphatic rings. The van der Waals surface area contributed by atoms with Gasteiger partial charge in [-0.1, -0.05) is 0 Å². The Morgan fingerprint density at radius 2 is 2.33 bits per heavy atom. The van der Waals surface area contributed by atoms with Gasteiger partial charge in [0, 0.05) is 12.3 Å². The Balaban J connectivity index is 2.17. The van der Waals surface area contributed by atoms with Crippen LogP contribution >= 0.6 is 0 Å². The Labute approximate surface area is 54.8 Å². The summed E-state index contributed by atoms with van der Waals surface area (Å²) in [5, 5.41) is 9.61. The van der Waals surface area contributed by atoms with E-state index < -0.39 is 5.79 Å². The summed E-state index contributed by atoms with van der Waals surface area (Å²) in [5.74, 6) is -0.238. The molecule has 1 aliphatic heterocycles. The molecule has 2 fully saturated rings. The Hall–Kier alpha value is -0.0800. The number of aliphatic hydroxyl groups is 1. The van der Waals surface area contributed by atoms with Crippen LogP contribution in [0.2, 0.25) is 0 Å². The first-order valence-electron chi connectivity index (χ1n) is 3.68. The molecule has 2 rings (SSSR count). The largest absolute Gasteiger partial charge is 0.365 e. The second-order valence-corrected chi connectivity index (χ2v) is 3.07. The van der Waals surface area contributed by atoms with Crippen LogP contribution in [0, 0.1) is 5.92 Å². The third-order valence-corrected chi connectivity index (χ3v) is 2.54. The van der Waals surface area contributed by atoms with Crippen molar-refractivity contribution in [3.05, 3.63) is 0 Å². The van der Waals surface area contributed by atoms with Crippen LogP contribution in [0.5, 0.6) is 0 Å². The zero-order chi connectivity index (χ0) is 6.32. The number of fused-ring (bicyclic) bond motifs is 1. The van der Waals surface area contributed by atoms with E-state index in [0.29, 0.717) is 5.92 Å². The lowest BCUT2D eigenvalue weighted by molar-refractivity contribution is -0.182. The molecule has 0 radical (unpaired) electrons. The van der Waals surface area contributed by atoms with Gasteiger partial charge in [-0.2, -0.15) is 0 Å². The lowest BCUT2D eigenvalue weighted by Gasteiger charge is -2.20. The molecule has 1 aliphatic carbocycles. The van der Waals surface area contributed by atoms with Crippen molar-refractivity contribution in [1.82, 2.24) is 0 Å². The van der Waals surface area contributed by atoms with E-state index >= 15 is 0 Å². The number of hydrogen-bond donors (Lipinski definition) is 1. The van der Waals surface area contributed by atoms with Crippen LogP contribution in [0.15, 0.2) is 0 Å². The van der Waals surface area contributed by atoms with Gasteiger partial charge < -0.3 is 9.84 Å². The number of ether oxygens (including phenoxy) is 1. The topological polar surface area (TPSA) is 29.5 Å². The van der Waals surface area contributed by atoms with E-state index in [1.54, 1.807) is 0 Å². The monoisotopic (exact) mass is 128 g/mol. The normalized spacial score (nSPS) is 49.7. The molecule has 1 saturated heterocycles. The molecule has 0 aromatic heterocycles. The highest BCUT2D eigenvalue weighted by Crippen LogP contribution is 2.42. The van der Waals surface area contributed by atoms with Gasteiger partial charge in [0.25, 0.3) is 0 Å². The van der Waals surface area contributed by atoms with E-state index in [-0.39, 0.29) is 0 Å². The van der Waals surface area contributed by atoms with Gasteiger partial charge in [0.1, 0.15) is 0 Å². The Bertz CT molecular complexity index is 112. The first-order chi connectivity index (χ1) is 4.31. The molecule has 2 nitrogen and oxygen atoms in total. The molecular formula is C7H12O2. The minimum absolute atomic E-state index is 0.456. The van der Waals surface area contributed by atoms with E-state index in [9.17, 15) is 5.11 Å². The van der Waals surface area contributed by atoms with E-state index in [4.69, 9.17) is 4.74 Å². The molecular weight excluding hydrogens is 116 g/mol. The van der Waals surface area contributed by atoms with E-state index in [1.165, 1.54) is 0 Å². The zero-order valence-electron chi connectivity index (χ0n) is 5.47. The van der Waals surface area contributed by atoms with Crippen molar-refractivity contribution in [2.45, 2.75) is 31.5 Å². The van der Waals surface area contributed by atoms with Crippen molar-refractivity contribution in [3.8, 4) is 0 Å². The fraction of sp³-hybridized carbons (Fsp3) is 1.00. The van der Waals surface area contributed by atoms with Gasteiger partial charge >= 0.3 is 0 Å². The second kappa shape index (κ2) is 1.70. The third-order valence-electron chi connectivity index (χ3n) is 2.54. The summed E-state index contributed by atoms with van der Waals surface area (Å²) < 4.78 is 5.22. The van der Waals surface area contributed by atoms with Gasteiger partial charge in [0.15, 0.2) is 5.79 Å². The van der Waals surface area contributed by atoms with Crippen LogP contribution in [-0.2, 0) is 4.74 Å². The Kier molecular flexibility index (Phi) is 1.08. The minimum Gasteiger partial charge on any atom is -0.365 e. The SMILES string of the molecule is O[C@]12CCCC1CCO2. The average Bonchev–Trinajstić information content (AvgIpc) is 2.22. The fourth-order valence-corrected chi connectivity index (χ4v) is 1.97. The van der Waals surface area contributed by atoms with Crippen LogP contribution < -0.4 is 0 Å². The van der Waals surface area contributed by atoms with Crippen molar-refractivity contribution >= 4 is 0 Å². The van der Waals surface area contributed by atoms with Gasteiger partial charge in [-0.3, -0.25) is 0 Å². The molecule has 1 unspecified atom stereocenters. The smallest absolute Gasteiger partial charge is 0.168 e. The first kappa shape index (κ1) is 5.69. The quantitative estimate of drug-likeness (QED) is 0.525. The summed E-state index contributed by atoms with van der Waals surface area (Å²) in [7, 11) is 0. The lowest BCUT2D eigenvalue weighted by Crippen LogP contribution is -2.29. The summed E-state index contributed by atoms with van der Waals surface area (Å²) >= 11 is 0. The maximum atomic E-state index is 9.61. The molecule has 0 aromatic rings. The molecule has 0 spiro atoms. The molecule has 52 valence electrons. The average molecular weight is 128 g/mol. The number of hydrogen-bond acceptors (Lipinski definition) is 2. The van der Waals surface area contributed by atoms with E-state index in [1.807, 2.05) is 0 Å². The van der Waals surface area contributed by atoms with Crippen molar-refractivity contribution in [2.24, 2.45) is 5.92 Å². The number of rotatable bonds is 0. The van der Waals surface area contributed by atoms with Gasteiger partial charge in [0.05, 0.1) is 6.61 Å². The van der Waals surface area contributed by atoms with Gasteiger partial charge in [-0.05, 0) is 19.3 Å².